The van der Waals surface area contributed by atoms with Crippen LogP contribution in [0.2, 0.25) is 0 Å². The van der Waals surface area contributed by atoms with Crippen LogP contribution in [-0.2, 0) is 16.9 Å². The number of methoxy groups -OCH3 is 1. The van der Waals surface area contributed by atoms with Crippen molar-refractivity contribution in [3.05, 3.63) is 88.7 Å². The standard InChI is InChI=1S/C26H22FN3O3/c1-3-15-7-12-20-19(13-15)26(25(31)28-20)30-22(18-5-4-6-23(32-2)24(18)33-26)14-21(29-30)16-8-10-17(27)11-9-16/h4-13,22H,3,14H2,1-2H3,(H,28,31)/t22-,26-/m0/s1. The first-order valence-corrected chi connectivity index (χ1v) is 11.0. The second-order valence-corrected chi connectivity index (χ2v) is 8.43. The Kier molecular flexibility index (Phi) is 4.24. The van der Waals surface area contributed by atoms with E-state index in [9.17, 15) is 9.18 Å². The van der Waals surface area contributed by atoms with Crippen LogP contribution >= 0.6 is 0 Å². The molecule has 0 fully saturated rings. The summed E-state index contributed by atoms with van der Waals surface area (Å²) in [6.07, 6.45) is 1.37. The molecule has 1 spiro atoms. The van der Waals surface area contributed by atoms with Gasteiger partial charge in [0.2, 0.25) is 0 Å². The summed E-state index contributed by atoms with van der Waals surface area (Å²) >= 11 is 0. The fourth-order valence-electron chi connectivity index (χ4n) is 4.98. The zero-order valence-electron chi connectivity index (χ0n) is 18.3. The molecule has 6 nitrogen and oxygen atoms in total. The summed E-state index contributed by atoms with van der Waals surface area (Å²) < 4.78 is 25.7. The van der Waals surface area contributed by atoms with Gasteiger partial charge in [0.05, 0.1) is 30.1 Å². The van der Waals surface area contributed by atoms with Gasteiger partial charge >= 0.3 is 5.72 Å². The van der Waals surface area contributed by atoms with E-state index in [0.717, 1.165) is 34.4 Å². The molecule has 0 saturated heterocycles. The van der Waals surface area contributed by atoms with Gasteiger partial charge < -0.3 is 14.8 Å². The van der Waals surface area contributed by atoms with E-state index in [1.54, 1.807) is 24.3 Å². The Morgan fingerprint density at radius 2 is 2.03 bits per heavy atom. The minimum atomic E-state index is -1.46. The van der Waals surface area contributed by atoms with Gasteiger partial charge in [-0.2, -0.15) is 5.10 Å². The van der Waals surface area contributed by atoms with E-state index < -0.39 is 5.72 Å². The van der Waals surface area contributed by atoms with Gasteiger partial charge in [0.1, 0.15) is 5.82 Å². The number of ether oxygens (including phenoxy) is 2. The zero-order valence-corrected chi connectivity index (χ0v) is 18.3. The first-order valence-electron chi connectivity index (χ1n) is 11.0. The molecule has 0 saturated carbocycles. The lowest BCUT2D eigenvalue weighted by atomic mass is 9.91. The number of para-hydroxylation sites is 1. The molecule has 3 aromatic carbocycles. The quantitative estimate of drug-likeness (QED) is 0.635. The summed E-state index contributed by atoms with van der Waals surface area (Å²) in [7, 11) is 1.59. The van der Waals surface area contributed by atoms with Crippen LogP contribution in [0.4, 0.5) is 10.1 Å². The number of amides is 1. The van der Waals surface area contributed by atoms with Gasteiger partial charge in [-0.05, 0) is 47.9 Å². The molecule has 0 aliphatic carbocycles. The molecule has 33 heavy (non-hydrogen) atoms. The monoisotopic (exact) mass is 443 g/mol. The van der Waals surface area contributed by atoms with Crippen molar-refractivity contribution in [2.45, 2.75) is 31.5 Å². The smallest absolute Gasteiger partial charge is 0.306 e. The van der Waals surface area contributed by atoms with E-state index in [0.29, 0.717) is 23.6 Å². The highest BCUT2D eigenvalue weighted by Crippen LogP contribution is 2.56. The highest BCUT2D eigenvalue weighted by Gasteiger charge is 2.61. The molecule has 3 aliphatic rings. The largest absolute Gasteiger partial charge is 0.493 e. The minimum Gasteiger partial charge on any atom is -0.493 e. The topological polar surface area (TPSA) is 63.2 Å². The minimum absolute atomic E-state index is 0.245. The van der Waals surface area contributed by atoms with Crippen molar-refractivity contribution in [1.82, 2.24) is 5.01 Å². The summed E-state index contributed by atoms with van der Waals surface area (Å²) in [5.74, 6) is 0.508. The van der Waals surface area contributed by atoms with Crippen LogP contribution in [0.15, 0.2) is 65.8 Å². The second kappa shape index (κ2) is 7.07. The van der Waals surface area contributed by atoms with E-state index >= 15 is 0 Å². The average Bonchev–Trinajstić information content (AvgIpc) is 3.40. The second-order valence-electron chi connectivity index (χ2n) is 8.43. The molecule has 1 N–H and O–H groups in total. The molecule has 0 aromatic heterocycles. The molecular formula is C26H22FN3O3. The van der Waals surface area contributed by atoms with Crippen molar-refractivity contribution in [2.24, 2.45) is 5.10 Å². The van der Waals surface area contributed by atoms with Crippen LogP contribution < -0.4 is 14.8 Å². The van der Waals surface area contributed by atoms with E-state index in [4.69, 9.17) is 14.6 Å². The van der Waals surface area contributed by atoms with Crippen molar-refractivity contribution in [3.63, 3.8) is 0 Å². The van der Waals surface area contributed by atoms with Gasteiger partial charge in [0.25, 0.3) is 5.91 Å². The molecule has 3 aromatic rings. The number of fused-ring (bicyclic) bond motifs is 6. The van der Waals surface area contributed by atoms with Crippen LogP contribution in [0.3, 0.4) is 0 Å². The third-order valence-corrected chi connectivity index (χ3v) is 6.66. The third-order valence-electron chi connectivity index (χ3n) is 6.66. The first kappa shape index (κ1) is 19.8. The number of nitrogens with one attached hydrogen (secondary N) is 1. The van der Waals surface area contributed by atoms with Crippen LogP contribution in [-0.4, -0.2) is 23.7 Å². The van der Waals surface area contributed by atoms with Crippen molar-refractivity contribution >= 4 is 17.3 Å². The summed E-state index contributed by atoms with van der Waals surface area (Å²) in [6.45, 7) is 2.07. The lowest BCUT2D eigenvalue weighted by molar-refractivity contribution is -0.161. The third kappa shape index (κ3) is 2.71. The number of rotatable bonds is 3. The first-order chi connectivity index (χ1) is 16.0. The number of nitrogens with zero attached hydrogens (tertiary/aromatic N) is 2. The number of hydrazone groups is 1. The van der Waals surface area contributed by atoms with E-state index in [1.807, 2.05) is 36.4 Å². The van der Waals surface area contributed by atoms with Crippen LogP contribution in [0.25, 0.3) is 0 Å². The van der Waals surface area contributed by atoms with Gasteiger partial charge in [-0.25, -0.2) is 9.40 Å². The molecule has 2 atom stereocenters. The van der Waals surface area contributed by atoms with Gasteiger partial charge in [-0.3, -0.25) is 4.79 Å². The lowest BCUT2D eigenvalue weighted by Gasteiger charge is -2.44. The maximum absolute atomic E-state index is 13.6. The molecule has 0 radical (unpaired) electrons. The predicted octanol–water partition coefficient (Wildman–Crippen LogP) is 4.75. The number of carbonyl (C=O) groups excluding carboxylic acids is 1. The fourth-order valence-corrected chi connectivity index (χ4v) is 4.98. The van der Waals surface area contributed by atoms with Gasteiger partial charge in [-0.1, -0.05) is 37.3 Å². The molecule has 3 aliphatic heterocycles. The fraction of sp³-hybridized carbons (Fsp3) is 0.231. The van der Waals surface area contributed by atoms with E-state index in [-0.39, 0.29) is 17.8 Å². The van der Waals surface area contributed by atoms with Crippen LogP contribution in [0.5, 0.6) is 11.5 Å². The average molecular weight is 443 g/mol. The zero-order chi connectivity index (χ0) is 22.7. The van der Waals surface area contributed by atoms with E-state index in [2.05, 4.69) is 12.2 Å². The Morgan fingerprint density at radius 1 is 1.21 bits per heavy atom. The Hall–Kier alpha value is -3.87. The maximum Gasteiger partial charge on any atom is 0.306 e. The lowest BCUT2D eigenvalue weighted by Crippen LogP contribution is -2.55. The molecule has 0 bridgehead atoms. The van der Waals surface area contributed by atoms with Crippen molar-refractivity contribution in [3.8, 4) is 11.5 Å². The summed E-state index contributed by atoms with van der Waals surface area (Å²) in [5, 5.41) is 9.66. The van der Waals surface area contributed by atoms with E-state index in [1.165, 1.54) is 12.1 Å². The van der Waals surface area contributed by atoms with Gasteiger partial charge in [-0.15, -0.1) is 0 Å². The number of hydrogen-bond donors (Lipinski definition) is 1. The molecule has 3 heterocycles. The Morgan fingerprint density at radius 3 is 2.79 bits per heavy atom. The van der Waals surface area contributed by atoms with Crippen molar-refractivity contribution in [1.29, 1.82) is 0 Å². The molecule has 7 heteroatoms. The summed E-state index contributed by atoms with van der Waals surface area (Å²) in [4.78, 5) is 13.6. The van der Waals surface area contributed by atoms with Gasteiger partial charge in [0, 0.05) is 12.0 Å². The molecular weight excluding hydrogens is 421 g/mol. The van der Waals surface area contributed by atoms with Crippen molar-refractivity contribution < 1.29 is 18.7 Å². The Balaban J connectivity index is 1.59. The number of hydrogen-bond acceptors (Lipinski definition) is 5. The van der Waals surface area contributed by atoms with Crippen LogP contribution in [0.1, 0.15) is 41.6 Å². The summed E-state index contributed by atoms with van der Waals surface area (Å²) in [6, 6.07) is 17.7. The predicted molar refractivity (Wildman–Crippen MR) is 122 cm³/mol. The number of anilines is 1. The van der Waals surface area contributed by atoms with Gasteiger partial charge in [0.15, 0.2) is 11.5 Å². The summed E-state index contributed by atoms with van der Waals surface area (Å²) in [5.41, 5.74) is 3.55. The number of aryl methyl sites for hydroxylation is 1. The molecule has 6 rings (SSSR count). The Bertz CT molecular complexity index is 1320. The SMILES string of the molecule is CCc1ccc2c(c1)[C@]1(Oc3c(OC)cccc3[C@@H]3CC(c4ccc(F)cc4)=NN31)C(=O)N2. The highest BCUT2D eigenvalue weighted by atomic mass is 19.1. The molecule has 0 unspecified atom stereocenters. The number of benzene rings is 3. The number of halogens is 1. The number of carbonyl (C=O) groups is 1. The Labute approximate surface area is 190 Å². The van der Waals surface area contributed by atoms with Crippen LogP contribution in [0, 0.1) is 5.82 Å². The highest BCUT2D eigenvalue weighted by molar-refractivity contribution is 6.07. The normalized spacial score (nSPS) is 22.3. The maximum atomic E-state index is 13.6. The molecule has 166 valence electrons. The molecule has 1 amide bonds. The van der Waals surface area contributed by atoms with Crippen molar-refractivity contribution in [2.75, 3.05) is 12.4 Å².